The number of ether oxygens (including phenoxy) is 1. The fourth-order valence-electron chi connectivity index (χ4n) is 4.31. The van der Waals surface area contributed by atoms with Crippen molar-refractivity contribution in [1.29, 1.82) is 0 Å². The molecular weight excluding hydrogens is 518 g/mol. The number of aryl methyl sites for hydroxylation is 2. The van der Waals surface area contributed by atoms with Gasteiger partial charge in [0.15, 0.2) is 0 Å². The molecule has 4 rings (SSSR count). The van der Waals surface area contributed by atoms with E-state index in [-0.39, 0.29) is 6.09 Å². The average Bonchev–Trinajstić information content (AvgIpc) is 2.85. The van der Waals surface area contributed by atoms with Gasteiger partial charge in [-0.15, -0.1) is 0 Å². The fourth-order valence-corrected chi connectivity index (χ4v) is 5.79. The maximum absolute atomic E-state index is 12.1. The molecule has 0 radical (unpaired) electrons. The number of carbonyl (C=O) groups is 1. The van der Waals surface area contributed by atoms with Crippen LogP contribution in [0, 0.1) is 0 Å². The van der Waals surface area contributed by atoms with E-state index in [1.807, 2.05) is 17.9 Å². The molecule has 0 N–H and O–H groups in total. The van der Waals surface area contributed by atoms with Gasteiger partial charge >= 0.3 is 6.09 Å². The highest BCUT2D eigenvalue weighted by Gasteiger charge is 2.27. The van der Waals surface area contributed by atoms with Crippen LogP contribution in [0.2, 0.25) is 5.02 Å². The van der Waals surface area contributed by atoms with Crippen LogP contribution in [-0.2, 0) is 17.6 Å². The zero-order valence-electron chi connectivity index (χ0n) is 16.2. The number of rotatable bonds is 1. The Morgan fingerprint density at radius 1 is 1.07 bits per heavy atom. The van der Waals surface area contributed by atoms with Crippen molar-refractivity contribution in [3.8, 4) is 0 Å². The van der Waals surface area contributed by atoms with Gasteiger partial charge in [-0.2, -0.15) is 0 Å². The number of hydrogen-bond acceptors (Lipinski definition) is 2. The van der Waals surface area contributed by atoms with Gasteiger partial charge in [-0.05, 0) is 84.7 Å². The summed E-state index contributed by atoms with van der Waals surface area (Å²) < 4.78 is 7.31. The lowest BCUT2D eigenvalue weighted by atomic mass is 9.86. The van der Waals surface area contributed by atoms with Gasteiger partial charge < -0.3 is 9.64 Å². The van der Waals surface area contributed by atoms with Crippen molar-refractivity contribution >= 4 is 55.1 Å². The molecule has 0 unspecified atom stereocenters. The molecule has 152 valence electrons. The van der Waals surface area contributed by atoms with Gasteiger partial charge in [-0.3, -0.25) is 0 Å². The molecule has 3 nitrogen and oxygen atoms in total. The molecule has 29 heavy (non-hydrogen) atoms. The number of fused-ring (bicyclic) bond motifs is 2. The van der Waals surface area contributed by atoms with E-state index in [0.29, 0.717) is 19.7 Å². The third-order valence-electron chi connectivity index (χ3n) is 5.63. The molecule has 2 aliphatic rings. The first-order valence-corrected chi connectivity index (χ1v) is 11.8. The largest absolute Gasteiger partial charge is 0.450 e. The lowest BCUT2D eigenvalue weighted by Crippen LogP contribution is -2.37. The van der Waals surface area contributed by atoms with Crippen molar-refractivity contribution in [3.63, 3.8) is 0 Å². The Bertz CT molecular complexity index is 993. The first-order chi connectivity index (χ1) is 14.0. The minimum Gasteiger partial charge on any atom is -0.450 e. The number of carbonyl (C=O) groups excluding carboxylic acids is 1. The number of hydrogen-bond donors (Lipinski definition) is 0. The van der Waals surface area contributed by atoms with Crippen LogP contribution >= 0.6 is 43.5 Å². The Labute approximate surface area is 193 Å². The quantitative estimate of drug-likeness (QED) is 0.390. The molecule has 1 aliphatic carbocycles. The second kappa shape index (κ2) is 8.83. The summed E-state index contributed by atoms with van der Waals surface area (Å²) in [7, 11) is 0. The van der Waals surface area contributed by atoms with Gasteiger partial charge in [-0.1, -0.05) is 55.1 Å². The zero-order valence-corrected chi connectivity index (χ0v) is 20.2. The Morgan fingerprint density at radius 2 is 1.79 bits per heavy atom. The van der Waals surface area contributed by atoms with Crippen LogP contribution in [0.5, 0.6) is 0 Å². The monoisotopic (exact) mass is 537 g/mol. The Hall–Kier alpha value is -1.30. The molecule has 2 aromatic carbocycles. The van der Waals surface area contributed by atoms with Crippen LogP contribution < -0.4 is 0 Å². The lowest BCUT2D eigenvalue weighted by molar-refractivity contribution is 0.104. The van der Waals surface area contributed by atoms with Crippen molar-refractivity contribution in [2.75, 3.05) is 19.7 Å². The molecule has 6 heteroatoms. The second-order valence-corrected chi connectivity index (χ2v) is 9.59. The summed E-state index contributed by atoms with van der Waals surface area (Å²) in [5.74, 6) is 0. The van der Waals surface area contributed by atoms with Crippen LogP contribution in [-0.4, -0.2) is 30.7 Å². The van der Waals surface area contributed by atoms with Gasteiger partial charge in [-0.25, -0.2) is 4.79 Å². The number of piperidine rings is 1. The summed E-state index contributed by atoms with van der Waals surface area (Å²) in [6.45, 7) is 3.62. The first kappa shape index (κ1) is 21.0. The molecule has 1 aliphatic heterocycles. The minimum atomic E-state index is -0.213. The molecule has 0 spiro atoms. The topological polar surface area (TPSA) is 29.5 Å². The summed E-state index contributed by atoms with van der Waals surface area (Å²) in [5.41, 5.74) is 7.83. The number of benzene rings is 2. The number of nitrogens with zero attached hydrogens (tertiary/aromatic N) is 1. The van der Waals surface area contributed by atoms with Crippen molar-refractivity contribution in [1.82, 2.24) is 4.90 Å². The lowest BCUT2D eigenvalue weighted by Gasteiger charge is -2.30. The van der Waals surface area contributed by atoms with Crippen molar-refractivity contribution < 1.29 is 9.53 Å². The van der Waals surface area contributed by atoms with E-state index in [1.165, 1.54) is 33.4 Å². The summed E-state index contributed by atoms with van der Waals surface area (Å²) in [4.78, 5) is 13.9. The van der Waals surface area contributed by atoms with E-state index >= 15 is 0 Å². The van der Waals surface area contributed by atoms with E-state index < -0.39 is 0 Å². The van der Waals surface area contributed by atoms with Crippen LogP contribution in [0.25, 0.3) is 5.57 Å². The molecule has 0 bridgehead atoms. The van der Waals surface area contributed by atoms with Crippen molar-refractivity contribution in [3.05, 3.63) is 72.1 Å². The van der Waals surface area contributed by atoms with Crippen LogP contribution in [0.4, 0.5) is 4.79 Å². The van der Waals surface area contributed by atoms with Crippen LogP contribution in [0.3, 0.4) is 0 Å². The predicted molar refractivity (Wildman–Crippen MR) is 125 cm³/mol. The van der Waals surface area contributed by atoms with E-state index in [2.05, 4.69) is 56.1 Å². The summed E-state index contributed by atoms with van der Waals surface area (Å²) in [6.07, 6.45) is 3.40. The van der Waals surface area contributed by atoms with Gasteiger partial charge in [0.05, 0.1) is 6.61 Å². The summed E-state index contributed by atoms with van der Waals surface area (Å²) in [6, 6.07) is 10.6. The van der Waals surface area contributed by atoms with Crippen LogP contribution in [0.1, 0.15) is 42.0 Å². The van der Waals surface area contributed by atoms with E-state index in [9.17, 15) is 4.79 Å². The number of halogens is 3. The molecule has 1 heterocycles. The maximum atomic E-state index is 12.1. The highest BCUT2D eigenvalue weighted by molar-refractivity contribution is 9.10. The van der Waals surface area contributed by atoms with Crippen molar-refractivity contribution in [2.24, 2.45) is 0 Å². The van der Waals surface area contributed by atoms with E-state index in [1.54, 1.807) is 0 Å². The van der Waals surface area contributed by atoms with E-state index in [4.69, 9.17) is 16.3 Å². The Kier molecular flexibility index (Phi) is 6.38. The smallest absolute Gasteiger partial charge is 0.409 e. The standard InChI is InChI=1S/C23H22Br2ClNO2/c1-2-29-23(28)27-9-7-14(8-10-27)21-19-6-5-17(24)11-15(19)3-4-16-12-18(26)13-20(25)22(16)21/h5-6,11-13H,2-4,7-10H2,1H3. The molecular formula is C23H22Br2ClNO2. The van der Waals surface area contributed by atoms with Gasteiger partial charge in [0.25, 0.3) is 0 Å². The Morgan fingerprint density at radius 3 is 2.52 bits per heavy atom. The summed E-state index contributed by atoms with van der Waals surface area (Å²) >= 11 is 13.8. The third-order valence-corrected chi connectivity index (χ3v) is 6.97. The second-order valence-electron chi connectivity index (χ2n) is 7.39. The Balaban J connectivity index is 1.82. The van der Waals surface area contributed by atoms with Crippen LogP contribution in [0.15, 0.2) is 44.9 Å². The normalized spacial score (nSPS) is 16.2. The molecule has 1 fully saturated rings. The fraction of sp³-hybridized carbons (Fsp3) is 0.348. The van der Waals surface area contributed by atoms with E-state index in [0.717, 1.165) is 39.7 Å². The maximum Gasteiger partial charge on any atom is 0.409 e. The third kappa shape index (κ3) is 4.28. The first-order valence-electron chi connectivity index (χ1n) is 9.88. The molecule has 1 saturated heterocycles. The molecule has 0 aromatic heterocycles. The number of amides is 1. The highest BCUT2D eigenvalue weighted by Crippen LogP contribution is 2.43. The highest BCUT2D eigenvalue weighted by atomic mass is 79.9. The molecule has 2 aromatic rings. The minimum absolute atomic E-state index is 0.213. The van der Waals surface area contributed by atoms with Gasteiger partial charge in [0.2, 0.25) is 0 Å². The number of likely N-dealkylation sites (tertiary alicyclic amines) is 1. The zero-order chi connectivity index (χ0) is 20.5. The average molecular weight is 540 g/mol. The van der Waals surface area contributed by atoms with Gasteiger partial charge in [0, 0.05) is 27.1 Å². The SMILES string of the molecule is CCOC(=O)N1CCC(=C2c3ccc(Br)cc3CCc3cc(Cl)cc(Br)c32)CC1. The molecule has 0 atom stereocenters. The van der Waals surface area contributed by atoms with Crippen molar-refractivity contribution in [2.45, 2.75) is 32.6 Å². The predicted octanol–water partition coefficient (Wildman–Crippen LogP) is 7.02. The molecule has 1 amide bonds. The van der Waals surface area contributed by atoms with Gasteiger partial charge in [0.1, 0.15) is 0 Å². The molecule has 0 saturated carbocycles. The summed E-state index contributed by atoms with van der Waals surface area (Å²) in [5, 5.41) is 0.754.